The Kier molecular flexibility index (Phi) is 8.39. The summed E-state index contributed by atoms with van der Waals surface area (Å²) in [5.74, 6) is -1.62. The fraction of sp³-hybridized carbons (Fsp3) is 0.833. The topological polar surface area (TPSA) is 69.6 Å². The van der Waals surface area contributed by atoms with Crippen LogP contribution in [0.5, 0.6) is 0 Å². The first-order valence-electron chi connectivity index (χ1n) is 3.16. The largest absolute Gasteiger partial charge is 1.00 e. The van der Waals surface area contributed by atoms with E-state index in [0.717, 1.165) is 0 Å². The number of carbonyl (C=O) groups excluding carboxylic acids is 1. The van der Waals surface area contributed by atoms with Gasteiger partial charge in [0.25, 0.3) is 0 Å². The number of carbonyl (C=O) groups is 1. The molecule has 0 bridgehead atoms. The van der Waals surface area contributed by atoms with Crippen LogP contribution in [-0.2, 0) is 4.79 Å². The molecule has 11 heavy (non-hydrogen) atoms. The standard InChI is InChI=1S/C6H11NO3.Na/c1-3-4(2)5(7-10)6(8)9;/h4-5H,3H2,1-2H3,(H,8,9);/q;+1/p-1/t4-,5-;/m0./s1. The van der Waals surface area contributed by atoms with Gasteiger partial charge in [0, 0.05) is 0 Å². The van der Waals surface area contributed by atoms with E-state index in [2.05, 4.69) is 5.18 Å². The summed E-state index contributed by atoms with van der Waals surface area (Å²) in [6.07, 6.45) is 0.615. The van der Waals surface area contributed by atoms with Crippen molar-refractivity contribution in [3.8, 4) is 0 Å². The smallest absolute Gasteiger partial charge is 0.548 e. The Hall–Kier alpha value is 0.0700. The summed E-state index contributed by atoms with van der Waals surface area (Å²) in [4.78, 5) is 20.0. The quantitative estimate of drug-likeness (QED) is 0.329. The first-order chi connectivity index (χ1) is 4.63. The van der Waals surface area contributed by atoms with Crippen molar-refractivity contribution in [2.24, 2.45) is 11.1 Å². The number of carboxylic acid groups (broad SMARTS) is 1. The molecule has 0 saturated heterocycles. The maximum absolute atomic E-state index is 10.1. The van der Waals surface area contributed by atoms with Crippen molar-refractivity contribution in [3.05, 3.63) is 4.91 Å². The van der Waals surface area contributed by atoms with E-state index in [1.54, 1.807) is 13.8 Å². The zero-order valence-corrected chi connectivity index (χ0v) is 9.03. The van der Waals surface area contributed by atoms with Crippen molar-refractivity contribution in [2.45, 2.75) is 26.3 Å². The summed E-state index contributed by atoms with van der Waals surface area (Å²) in [6.45, 7) is 3.45. The third-order valence-electron chi connectivity index (χ3n) is 1.54. The molecule has 0 unspecified atom stereocenters. The molecule has 0 aromatic heterocycles. The molecular formula is C6H10NNaO3. The van der Waals surface area contributed by atoms with E-state index in [-0.39, 0.29) is 35.5 Å². The van der Waals surface area contributed by atoms with Crippen LogP contribution < -0.4 is 34.7 Å². The molecular weight excluding hydrogens is 157 g/mol. The summed E-state index contributed by atoms with van der Waals surface area (Å²) >= 11 is 0. The fourth-order valence-corrected chi connectivity index (χ4v) is 0.602. The van der Waals surface area contributed by atoms with E-state index in [0.29, 0.717) is 6.42 Å². The fourth-order valence-electron chi connectivity index (χ4n) is 0.602. The van der Waals surface area contributed by atoms with Gasteiger partial charge in [0.15, 0.2) is 0 Å². The van der Waals surface area contributed by atoms with Crippen molar-refractivity contribution < 1.29 is 39.5 Å². The molecule has 0 aliphatic heterocycles. The van der Waals surface area contributed by atoms with Gasteiger partial charge < -0.3 is 9.90 Å². The molecule has 0 N–H and O–H groups in total. The SMILES string of the molecule is CC[C@H](C)[C@H](N=O)C(=O)[O-].[Na+]. The van der Waals surface area contributed by atoms with Crippen molar-refractivity contribution in [1.82, 2.24) is 0 Å². The van der Waals surface area contributed by atoms with Crippen LogP contribution in [0.1, 0.15) is 20.3 Å². The zero-order valence-electron chi connectivity index (χ0n) is 7.03. The summed E-state index contributed by atoms with van der Waals surface area (Å²) in [7, 11) is 0. The van der Waals surface area contributed by atoms with Gasteiger partial charge >= 0.3 is 29.6 Å². The average molecular weight is 167 g/mol. The van der Waals surface area contributed by atoms with E-state index in [4.69, 9.17) is 0 Å². The number of aliphatic carboxylic acids is 1. The Morgan fingerprint density at radius 2 is 2.09 bits per heavy atom. The zero-order chi connectivity index (χ0) is 8.15. The van der Waals surface area contributed by atoms with E-state index < -0.39 is 12.0 Å². The van der Waals surface area contributed by atoms with E-state index >= 15 is 0 Å². The van der Waals surface area contributed by atoms with Crippen LogP contribution in [0.3, 0.4) is 0 Å². The summed E-state index contributed by atoms with van der Waals surface area (Å²) in [5.41, 5.74) is 0. The van der Waals surface area contributed by atoms with Crippen LogP contribution in [0.15, 0.2) is 5.18 Å². The first-order valence-corrected chi connectivity index (χ1v) is 3.16. The number of carboxylic acids is 1. The van der Waals surface area contributed by atoms with Crippen LogP contribution in [0.25, 0.3) is 0 Å². The van der Waals surface area contributed by atoms with Crippen LogP contribution in [0, 0.1) is 10.8 Å². The third kappa shape index (κ3) is 4.50. The predicted molar refractivity (Wildman–Crippen MR) is 34.0 cm³/mol. The number of hydrogen-bond donors (Lipinski definition) is 0. The van der Waals surface area contributed by atoms with E-state index in [1.807, 2.05) is 0 Å². The minimum Gasteiger partial charge on any atom is -0.548 e. The Balaban J connectivity index is 0. The van der Waals surface area contributed by atoms with E-state index in [1.165, 1.54) is 0 Å². The van der Waals surface area contributed by atoms with Crippen molar-refractivity contribution in [2.75, 3.05) is 0 Å². The Morgan fingerprint density at radius 1 is 1.64 bits per heavy atom. The van der Waals surface area contributed by atoms with Gasteiger partial charge in [0.05, 0.1) is 5.97 Å². The van der Waals surface area contributed by atoms with Crippen molar-refractivity contribution in [1.29, 1.82) is 0 Å². The van der Waals surface area contributed by atoms with Gasteiger partial charge in [-0.1, -0.05) is 25.4 Å². The minimum atomic E-state index is -1.38. The summed E-state index contributed by atoms with van der Waals surface area (Å²) in [6, 6.07) is -1.19. The number of rotatable bonds is 4. The molecule has 0 aliphatic rings. The molecule has 0 rings (SSSR count). The first kappa shape index (κ1) is 13.6. The van der Waals surface area contributed by atoms with Crippen LogP contribution in [-0.4, -0.2) is 12.0 Å². The maximum atomic E-state index is 10.1. The molecule has 0 radical (unpaired) electrons. The average Bonchev–Trinajstić information content (AvgIpc) is 1.88. The monoisotopic (exact) mass is 167 g/mol. The van der Waals surface area contributed by atoms with Gasteiger partial charge in [-0.15, -0.1) is 0 Å². The molecule has 0 amide bonds. The van der Waals surface area contributed by atoms with E-state index in [9.17, 15) is 14.8 Å². The van der Waals surface area contributed by atoms with Gasteiger partial charge in [0.2, 0.25) is 0 Å². The minimum absolute atomic E-state index is 0. The molecule has 0 aliphatic carbocycles. The molecule has 5 heteroatoms. The number of nitroso groups, excluding NO2 is 1. The summed E-state index contributed by atoms with van der Waals surface area (Å²) < 4.78 is 0. The van der Waals surface area contributed by atoms with Crippen LogP contribution >= 0.6 is 0 Å². The molecule has 0 saturated carbocycles. The number of nitrogens with zero attached hydrogens (tertiary/aromatic N) is 1. The molecule has 58 valence electrons. The van der Waals surface area contributed by atoms with Crippen molar-refractivity contribution >= 4 is 5.97 Å². The van der Waals surface area contributed by atoms with Gasteiger partial charge in [-0.2, -0.15) is 4.91 Å². The molecule has 0 spiro atoms. The second-order valence-electron chi connectivity index (χ2n) is 2.25. The maximum Gasteiger partial charge on any atom is 1.00 e. The molecule has 4 nitrogen and oxygen atoms in total. The Morgan fingerprint density at radius 3 is 2.18 bits per heavy atom. The Bertz CT molecular complexity index is 140. The normalized spacial score (nSPS) is 14.4. The molecule has 0 aromatic rings. The molecule has 0 aromatic carbocycles. The third-order valence-corrected chi connectivity index (χ3v) is 1.54. The van der Waals surface area contributed by atoms with Gasteiger partial charge in [-0.3, -0.25) is 0 Å². The number of hydrogen-bond acceptors (Lipinski definition) is 4. The van der Waals surface area contributed by atoms with Crippen LogP contribution in [0.2, 0.25) is 0 Å². The van der Waals surface area contributed by atoms with Gasteiger partial charge in [0.1, 0.15) is 6.04 Å². The molecule has 2 atom stereocenters. The van der Waals surface area contributed by atoms with Crippen LogP contribution in [0.4, 0.5) is 0 Å². The van der Waals surface area contributed by atoms with Crippen molar-refractivity contribution in [3.63, 3.8) is 0 Å². The van der Waals surface area contributed by atoms with Gasteiger partial charge in [-0.25, -0.2) is 0 Å². The second-order valence-corrected chi connectivity index (χ2v) is 2.25. The summed E-state index contributed by atoms with van der Waals surface area (Å²) in [5, 5.41) is 12.6. The van der Waals surface area contributed by atoms with Gasteiger partial charge in [-0.05, 0) is 5.92 Å². The molecule has 0 heterocycles. The second kappa shape index (κ2) is 6.76. The molecule has 0 fully saturated rings. The predicted octanol–water partition coefficient (Wildman–Crippen LogP) is -3.08. The Labute approximate surface area is 87.6 Å².